The minimum atomic E-state index is -4.14. The standard InChI is InChI=1S/C8H15O5PS/c1-4-13-14(11,12)8(10)5-6(2)15-7(3)9/h6H,4-5H2,1-3H3,(H,11,12). The van der Waals surface area contributed by atoms with Crippen LogP contribution in [0.2, 0.25) is 0 Å². The van der Waals surface area contributed by atoms with Crippen LogP contribution < -0.4 is 0 Å². The van der Waals surface area contributed by atoms with E-state index in [9.17, 15) is 14.2 Å². The van der Waals surface area contributed by atoms with Crippen LogP contribution in [0.1, 0.15) is 27.2 Å². The molecule has 0 saturated heterocycles. The lowest BCUT2D eigenvalue weighted by Crippen LogP contribution is -2.10. The van der Waals surface area contributed by atoms with Crippen LogP contribution in [0.25, 0.3) is 0 Å². The summed E-state index contributed by atoms with van der Waals surface area (Å²) in [5, 5.41) is -0.435. The second-order valence-electron chi connectivity index (χ2n) is 2.96. The van der Waals surface area contributed by atoms with Crippen molar-refractivity contribution in [1.82, 2.24) is 0 Å². The van der Waals surface area contributed by atoms with E-state index < -0.39 is 13.1 Å². The van der Waals surface area contributed by atoms with Gasteiger partial charge in [-0.05, 0) is 6.92 Å². The largest absolute Gasteiger partial charge is 0.394 e. The van der Waals surface area contributed by atoms with E-state index in [4.69, 9.17) is 4.89 Å². The van der Waals surface area contributed by atoms with Gasteiger partial charge in [0.15, 0.2) is 5.12 Å². The molecule has 15 heavy (non-hydrogen) atoms. The topological polar surface area (TPSA) is 80.7 Å². The first-order valence-corrected chi connectivity index (χ1v) is 6.93. The summed E-state index contributed by atoms with van der Waals surface area (Å²) in [6, 6.07) is 0. The lowest BCUT2D eigenvalue weighted by atomic mass is 10.4. The summed E-state index contributed by atoms with van der Waals surface area (Å²) in [6.07, 6.45) is -0.141. The van der Waals surface area contributed by atoms with Gasteiger partial charge in [0.05, 0.1) is 6.61 Å². The number of thioether (sulfide) groups is 1. The normalized spacial score (nSPS) is 16.8. The Bertz CT molecular complexity index is 291. The minimum absolute atomic E-state index is 0.00769. The third-order valence-corrected chi connectivity index (χ3v) is 3.77. The molecular formula is C8H15O5PS. The predicted octanol–water partition coefficient (Wildman–Crippen LogP) is 1.79. The molecule has 0 rings (SSSR count). The maximum atomic E-state index is 11.3. The summed E-state index contributed by atoms with van der Waals surface area (Å²) in [4.78, 5) is 31.1. The van der Waals surface area contributed by atoms with Crippen molar-refractivity contribution in [3.05, 3.63) is 0 Å². The Morgan fingerprint density at radius 2 is 2.07 bits per heavy atom. The van der Waals surface area contributed by atoms with Crippen molar-refractivity contribution in [3.8, 4) is 0 Å². The van der Waals surface area contributed by atoms with Gasteiger partial charge in [-0.1, -0.05) is 18.7 Å². The number of hydrogen-bond acceptors (Lipinski definition) is 5. The highest BCUT2D eigenvalue weighted by atomic mass is 32.2. The molecule has 0 fully saturated rings. The number of rotatable bonds is 6. The van der Waals surface area contributed by atoms with Crippen LogP contribution in [-0.2, 0) is 18.7 Å². The summed E-state index contributed by atoms with van der Waals surface area (Å²) in [5.74, 6) is 0. The summed E-state index contributed by atoms with van der Waals surface area (Å²) in [6.45, 7) is 4.57. The van der Waals surface area contributed by atoms with Crippen molar-refractivity contribution in [2.45, 2.75) is 32.4 Å². The summed E-state index contributed by atoms with van der Waals surface area (Å²) >= 11 is 0.969. The SMILES string of the molecule is CCOP(=O)(O)C(=O)CC(C)SC(C)=O. The average molecular weight is 254 g/mol. The zero-order valence-electron chi connectivity index (χ0n) is 8.93. The number of carbonyl (C=O) groups is 2. The molecule has 0 heterocycles. The fourth-order valence-corrected chi connectivity index (χ4v) is 2.86. The van der Waals surface area contributed by atoms with Crippen molar-refractivity contribution in [2.75, 3.05) is 6.61 Å². The van der Waals surface area contributed by atoms with Gasteiger partial charge in [0.25, 0.3) is 0 Å². The van der Waals surface area contributed by atoms with Gasteiger partial charge in [-0.15, -0.1) is 0 Å². The molecule has 0 saturated carbocycles. The van der Waals surface area contributed by atoms with Crippen molar-refractivity contribution < 1.29 is 23.6 Å². The van der Waals surface area contributed by atoms with E-state index in [1.807, 2.05) is 0 Å². The van der Waals surface area contributed by atoms with Gasteiger partial charge in [-0.2, -0.15) is 0 Å². The van der Waals surface area contributed by atoms with E-state index in [0.29, 0.717) is 0 Å². The van der Waals surface area contributed by atoms with Crippen LogP contribution in [0.4, 0.5) is 0 Å². The van der Waals surface area contributed by atoms with Crippen molar-refractivity contribution in [1.29, 1.82) is 0 Å². The predicted molar refractivity (Wildman–Crippen MR) is 58.8 cm³/mol. The van der Waals surface area contributed by atoms with Gasteiger partial charge < -0.3 is 9.42 Å². The Balaban J connectivity index is 4.24. The Morgan fingerprint density at radius 3 is 2.47 bits per heavy atom. The first-order chi connectivity index (χ1) is 6.79. The maximum absolute atomic E-state index is 11.3. The molecule has 7 heteroatoms. The Labute approximate surface area is 93.1 Å². The maximum Gasteiger partial charge on any atom is 0.394 e. The second-order valence-corrected chi connectivity index (χ2v) is 6.37. The van der Waals surface area contributed by atoms with Gasteiger partial charge in [-0.25, -0.2) is 0 Å². The molecular weight excluding hydrogens is 239 g/mol. The van der Waals surface area contributed by atoms with Gasteiger partial charge in [-0.3, -0.25) is 14.2 Å². The molecule has 5 nitrogen and oxygen atoms in total. The van der Waals surface area contributed by atoms with E-state index in [1.54, 1.807) is 6.92 Å². The fraction of sp³-hybridized carbons (Fsp3) is 0.750. The first kappa shape index (κ1) is 14.8. The van der Waals surface area contributed by atoms with E-state index in [0.717, 1.165) is 11.8 Å². The van der Waals surface area contributed by atoms with E-state index in [1.165, 1.54) is 13.8 Å². The van der Waals surface area contributed by atoms with Crippen LogP contribution in [0.3, 0.4) is 0 Å². The molecule has 0 radical (unpaired) electrons. The lowest BCUT2D eigenvalue weighted by molar-refractivity contribution is -0.113. The molecule has 0 aliphatic heterocycles. The van der Waals surface area contributed by atoms with Gasteiger partial charge in [0.2, 0.25) is 5.52 Å². The smallest absolute Gasteiger partial charge is 0.319 e. The molecule has 0 aromatic carbocycles. The zero-order valence-corrected chi connectivity index (χ0v) is 10.6. The van der Waals surface area contributed by atoms with Crippen LogP contribution in [-0.4, -0.2) is 27.4 Å². The molecule has 2 unspecified atom stereocenters. The second kappa shape index (κ2) is 6.43. The molecule has 1 N–H and O–H groups in total. The van der Waals surface area contributed by atoms with Gasteiger partial charge in [0.1, 0.15) is 0 Å². The van der Waals surface area contributed by atoms with Crippen LogP contribution >= 0.6 is 19.4 Å². The van der Waals surface area contributed by atoms with Crippen LogP contribution in [0, 0.1) is 0 Å². The van der Waals surface area contributed by atoms with Crippen molar-refractivity contribution >= 4 is 30.0 Å². The fourth-order valence-electron chi connectivity index (χ4n) is 0.933. The lowest BCUT2D eigenvalue weighted by Gasteiger charge is -2.12. The Morgan fingerprint density at radius 1 is 1.53 bits per heavy atom. The molecule has 88 valence electrons. The Hall–Kier alpha value is -0.160. The van der Waals surface area contributed by atoms with Gasteiger partial charge in [0, 0.05) is 18.6 Å². The van der Waals surface area contributed by atoms with E-state index in [-0.39, 0.29) is 23.4 Å². The quantitative estimate of drug-likeness (QED) is 0.728. The molecule has 2 atom stereocenters. The minimum Gasteiger partial charge on any atom is -0.319 e. The van der Waals surface area contributed by atoms with Crippen LogP contribution in [0.5, 0.6) is 0 Å². The molecule has 0 amide bonds. The molecule has 0 aliphatic carbocycles. The van der Waals surface area contributed by atoms with Gasteiger partial charge >= 0.3 is 7.60 Å². The molecule has 0 aromatic rings. The summed E-state index contributed by atoms with van der Waals surface area (Å²) in [5.41, 5.74) is -0.842. The summed E-state index contributed by atoms with van der Waals surface area (Å²) in [7, 11) is -4.14. The van der Waals surface area contributed by atoms with Crippen molar-refractivity contribution in [3.63, 3.8) is 0 Å². The first-order valence-electron chi connectivity index (χ1n) is 4.47. The molecule has 0 spiro atoms. The average Bonchev–Trinajstić information content (AvgIpc) is 2.01. The third kappa shape index (κ3) is 6.10. The highest BCUT2D eigenvalue weighted by Crippen LogP contribution is 2.44. The monoisotopic (exact) mass is 254 g/mol. The number of hydrogen-bond donors (Lipinski definition) is 1. The zero-order chi connectivity index (χ0) is 12.1. The van der Waals surface area contributed by atoms with E-state index >= 15 is 0 Å². The molecule has 0 aliphatic rings. The van der Waals surface area contributed by atoms with E-state index in [2.05, 4.69) is 4.52 Å². The molecule has 0 bridgehead atoms. The van der Waals surface area contributed by atoms with Crippen LogP contribution in [0.15, 0.2) is 0 Å². The Kier molecular flexibility index (Phi) is 6.36. The number of carbonyl (C=O) groups excluding carboxylic acids is 2. The highest BCUT2D eigenvalue weighted by Gasteiger charge is 2.31. The molecule has 0 aromatic heterocycles. The highest BCUT2D eigenvalue weighted by molar-refractivity contribution is 8.14. The summed E-state index contributed by atoms with van der Waals surface area (Å²) < 4.78 is 15.7. The third-order valence-electron chi connectivity index (χ3n) is 1.45. The van der Waals surface area contributed by atoms with Crippen molar-refractivity contribution in [2.24, 2.45) is 0 Å².